The van der Waals surface area contributed by atoms with Crippen molar-refractivity contribution in [2.24, 2.45) is 4.99 Å². The van der Waals surface area contributed by atoms with Crippen LogP contribution in [0.3, 0.4) is 0 Å². The first-order valence-corrected chi connectivity index (χ1v) is 11.2. The van der Waals surface area contributed by atoms with E-state index < -0.39 is 10.0 Å². The van der Waals surface area contributed by atoms with Gasteiger partial charge >= 0.3 is 0 Å². The van der Waals surface area contributed by atoms with E-state index in [4.69, 9.17) is 0 Å². The highest BCUT2D eigenvalue weighted by molar-refractivity contribution is 14.0. The number of rotatable bonds is 9. The Morgan fingerprint density at radius 1 is 1.07 bits per heavy atom. The molecule has 3 N–H and O–H groups in total. The second-order valence-electron chi connectivity index (χ2n) is 6.72. The minimum atomic E-state index is -3.28. The second kappa shape index (κ2) is 12.9. The number of halogens is 2. The average Bonchev–Trinajstić information content (AvgIpc) is 2.68. The van der Waals surface area contributed by atoms with Crippen molar-refractivity contribution in [2.75, 3.05) is 20.1 Å². The fraction of sp³-hybridized carbons (Fsp3) is 0.381. The Kier molecular flexibility index (Phi) is 11.3. The zero-order chi connectivity index (χ0) is 21.3. The minimum absolute atomic E-state index is 0. The van der Waals surface area contributed by atoms with Gasteiger partial charge in [0.25, 0.3) is 0 Å². The maximum Gasteiger partial charge on any atom is 0.215 e. The molecule has 30 heavy (non-hydrogen) atoms. The predicted octanol–water partition coefficient (Wildman–Crippen LogP) is 3.10. The van der Waals surface area contributed by atoms with Crippen molar-refractivity contribution in [3.05, 3.63) is 70.5 Å². The van der Waals surface area contributed by atoms with Crippen LogP contribution in [0.1, 0.15) is 29.2 Å². The Morgan fingerprint density at radius 2 is 1.73 bits per heavy atom. The number of nitrogens with one attached hydrogen (secondary N) is 3. The van der Waals surface area contributed by atoms with E-state index >= 15 is 0 Å². The molecular formula is C21H30FIN4O2S. The first-order chi connectivity index (χ1) is 13.8. The molecule has 0 saturated heterocycles. The molecule has 0 fully saturated rings. The summed E-state index contributed by atoms with van der Waals surface area (Å²) in [6.45, 7) is 5.80. The largest absolute Gasteiger partial charge is 0.357 e. The van der Waals surface area contributed by atoms with Gasteiger partial charge in [-0.3, -0.25) is 0 Å². The number of aryl methyl sites for hydroxylation is 1. The summed E-state index contributed by atoms with van der Waals surface area (Å²) in [6.07, 6.45) is 0.769. The maximum absolute atomic E-state index is 13.2. The predicted molar refractivity (Wildman–Crippen MR) is 131 cm³/mol. The van der Waals surface area contributed by atoms with Crippen LogP contribution < -0.4 is 15.4 Å². The third kappa shape index (κ3) is 8.97. The van der Waals surface area contributed by atoms with E-state index in [1.807, 2.05) is 32.0 Å². The van der Waals surface area contributed by atoms with Crippen molar-refractivity contribution in [1.29, 1.82) is 0 Å². The molecule has 0 aliphatic heterocycles. The van der Waals surface area contributed by atoms with Gasteiger partial charge in [-0.1, -0.05) is 30.3 Å². The van der Waals surface area contributed by atoms with Crippen molar-refractivity contribution in [1.82, 2.24) is 15.4 Å². The number of hydrogen-bond acceptors (Lipinski definition) is 3. The standard InChI is InChI=1S/C21H29FN4O2S.HI/c1-4-24-21(25-12-11-19-9-10-20(22)13-16(19)2)26-14-17-5-7-18(8-6-17)15-29(27,28)23-3;/h5-10,13,23H,4,11-12,14-15H2,1-3H3,(H2,24,25,26);1H. The number of aliphatic imine (C=N–C) groups is 1. The fourth-order valence-electron chi connectivity index (χ4n) is 2.80. The Bertz CT molecular complexity index is 935. The van der Waals surface area contributed by atoms with Crippen LogP contribution in [-0.2, 0) is 28.7 Å². The summed E-state index contributed by atoms with van der Waals surface area (Å²) in [5.41, 5.74) is 3.75. The highest BCUT2D eigenvalue weighted by Crippen LogP contribution is 2.11. The van der Waals surface area contributed by atoms with Crippen LogP contribution in [0.5, 0.6) is 0 Å². The van der Waals surface area contributed by atoms with Crippen LogP contribution in [0.2, 0.25) is 0 Å². The molecule has 0 saturated carbocycles. The number of benzene rings is 2. The zero-order valence-electron chi connectivity index (χ0n) is 17.5. The normalized spacial score (nSPS) is 11.7. The Morgan fingerprint density at radius 3 is 2.33 bits per heavy atom. The van der Waals surface area contributed by atoms with Gasteiger partial charge in [-0.05, 0) is 61.7 Å². The third-order valence-electron chi connectivity index (χ3n) is 4.45. The molecule has 0 aromatic heterocycles. The number of nitrogens with zero attached hydrogens (tertiary/aromatic N) is 1. The van der Waals surface area contributed by atoms with Gasteiger partial charge < -0.3 is 10.6 Å². The van der Waals surface area contributed by atoms with Crippen molar-refractivity contribution in [3.63, 3.8) is 0 Å². The maximum atomic E-state index is 13.2. The van der Waals surface area contributed by atoms with E-state index in [1.54, 1.807) is 18.2 Å². The Labute approximate surface area is 195 Å². The van der Waals surface area contributed by atoms with Gasteiger partial charge in [0, 0.05) is 13.1 Å². The molecule has 0 amide bonds. The SMILES string of the molecule is CCNC(=NCc1ccc(CS(=O)(=O)NC)cc1)NCCc1ccc(F)cc1C.I. The summed E-state index contributed by atoms with van der Waals surface area (Å²) in [4.78, 5) is 4.58. The Hall–Kier alpha value is -1.72. The molecule has 0 aliphatic carbocycles. The van der Waals surface area contributed by atoms with E-state index in [-0.39, 0.29) is 35.5 Å². The average molecular weight is 548 g/mol. The van der Waals surface area contributed by atoms with Gasteiger partial charge in [0.1, 0.15) is 5.82 Å². The van der Waals surface area contributed by atoms with Gasteiger partial charge in [-0.25, -0.2) is 22.5 Å². The molecule has 2 rings (SSSR count). The highest BCUT2D eigenvalue weighted by Gasteiger charge is 2.08. The number of hydrogen-bond donors (Lipinski definition) is 3. The summed E-state index contributed by atoms with van der Waals surface area (Å²) >= 11 is 0. The first kappa shape index (κ1) is 26.3. The highest BCUT2D eigenvalue weighted by atomic mass is 127. The first-order valence-electron chi connectivity index (χ1n) is 9.59. The molecule has 9 heteroatoms. The monoisotopic (exact) mass is 548 g/mol. The molecule has 166 valence electrons. The van der Waals surface area contributed by atoms with Crippen molar-refractivity contribution in [3.8, 4) is 0 Å². The lowest BCUT2D eigenvalue weighted by Crippen LogP contribution is -2.38. The van der Waals surface area contributed by atoms with E-state index in [1.165, 1.54) is 13.1 Å². The molecular weight excluding hydrogens is 518 g/mol. The molecule has 0 unspecified atom stereocenters. The molecule has 2 aromatic carbocycles. The summed E-state index contributed by atoms with van der Waals surface area (Å²) in [5, 5.41) is 6.49. The summed E-state index contributed by atoms with van der Waals surface area (Å²) in [6, 6.07) is 12.2. The van der Waals surface area contributed by atoms with Crippen molar-refractivity contribution < 1.29 is 12.8 Å². The van der Waals surface area contributed by atoms with Gasteiger partial charge in [-0.15, -0.1) is 24.0 Å². The van der Waals surface area contributed by atoms with Crippen molar-refractivity contribution in [2.45, 2.75) is 32.6 Å². The zero-order valence-corrected chi connectivity index (χ0v) is 20.7. The van der Waals surface area contributed by atoms with E-state index in [0.717, 1.165) is 35.2 Å². The topological polar surface area (TPSA) is 82.6 Å². The van der Waals surface area contributed by atoms with Gasteiger partial charge in [-0.2, -0.15) is 0 Å². The van der Waals surface area contributed by atoms with E-state index in [9.17, 15) is 12.8 Å². The number of guanidine groups is 1. The quantitative estimate of drug-likeness (QED) is 0.256. The van der Waals surface area contributed by atoms with Gasteiger partial charge in [0.2, 0.25) is 10.0 Å². The lowest BCUT2D eigenvalue weighted by molar-refractivity contribution is 0.587. The molecule has 2 aromatic rings. The summed E-state index contributed by atoms with van der Waals surface area (Å²) in [7, 11) is -1.87. The molecule has 0 atom stereocenters. The third-order valence-corrected chi connectivity index (χ3v) is 5.78. The molecule has 0 radical (unpaired) electrons. The van der Waals surface area contributed by atoms with Crippen molar-refractivity contribution >= 4 is 40.0 Å². The summed E-state index contributed by atoms with van der Waals surface area (Å²) < 4.78 is 38.7. The van der Waals surface area contributed by atoms with E-state index in [2.05, 4.69) is 20.3 Å². The van der Waals surface area contributed by atoms with E-state index in [0.29, 0.717) is 19.0 Å². The van der Waals surface area contributed by atoms with Crippen LogP contribution in [0.25, 0.3) is 0 Å². The Balaban J connectivity index is 0.00000450. The second-order valence-corrected chi connectivity index (χ2v) is 8.65. The van der Waals surface area contributed by atoms with Crippen LogP contribution in [0.4, 0.5) is 4.39 Å². The summed E-state index contributed by atoms with van der Waals surface area (Å²) in [5.74, 6) is 0.442. The molecule has 0 aliphatic rings. The molecule has 0 spiro atoms. The van der Waals surface area contributed by atoms with Crippen LogP contribution in [0, 0.1) is 12.7 Å². The molecule has 0 bridgehead atoms. The smallest absolute Gasteiger partial charge is 0.215 e. The molecule has 0 heterocycles. The lowest BCUT2D eigenvalue weighted by atomic mass is 10.1. The van der Waals surface area contributed by atoms with Gasteiger partial charge in [0.05, 0.1) is 12.3 Å². The number of sulfonamides is 1. The van der Waals surface area contributed by atoms with Gasteiger partial charge in [0.15, 0.2) is 5.96 Å². The lowest BCUT2D eigenvalue weighted by Gasteiger charge is -2.12. The van der Waals surface area contributed by atoms with Crippen LogP contribution in [-0.4, -0.2) is 34.5 Å². The van der Waals surface area contributed by atoms with Crippen LogP contribution in [0.15, 0.2) is 47.5 Å². The fourth-order valence-corrected chi connectivity index (χ4v) is 3.58. The molecule has 6 nitrogen and oxygen atoms in total. The minimum Gasteiger partial charge on any atom is -0.357 e. The van der Waals surface area contributed by atoms with Crippen LogP contribution >= 0.6 is 24.0 Å².